The van der Waals surface area contributed by atoms with E-state index in [9.17, 15) is 0 Å². The summed E-state index contributed by atoms with van der Waals surface area (Å²) in [7, 11) is 0. The lowest BCUT2D eigenvalue weighted by atomic mass is 9.88. The summed E-state index contributed by atoms with van der Waals surface area (Å²) < 4.78 is 126. The third-order valence-corrected chi connectivity index (χ3v) is 10.6. The molecule has 6 aromatic carbocycles. The highest BCUT2D eigenvalue weighted by atomic mass is 19.3. The normalized spacial score (nSPS) is 15.1. The molecule has 0 N–H and O–H groups in total. The summed E-state index contributed by atoms with van der Waals surface area (Å²) in [5.74, 6) is -2.99. The number of halogens is 2. The molecule has 1 aliphatic rings. The third kappa shape index (κ3) is 6.15. The summed E-state index contributed by atoms with van der Waals surface area (Å²) in [6, 6.07) is 25.0. The van der Waals surface area contributed by atoms with E-state index in [4.69, 9.17) is 13.7 Å². The number of aromatic nitrogens is 3. The lowest BCUT2D eigenvalue weighted by Crippen LogP contribution is -2.16. The van der Waals surface area contributed by atoms with Crippen LogP contribution in [0.2, 0.25) is 0 Å². The van der Waals surface area contributed by atoms with Gasteiger partial charge in [0, 0.05) is 58.6 Å². The van der Waals surface area contributed by atoms with Crippen molar-refractivity contribution < 1.29 is 22.5 Å². The molecule has 0 spiro atoms. The van der Waals surface area contributed by atoms with Crippen molar-refractivity contribution in [2.75, 3.05) is 0 Å². The fraction of sp³-hybridized carbons (Fsp3) is 0.0962. The van der Waals surface area contributed by atoms with Crippen molar-refractivity contribution in [1.29, 1.82) is 0 Å². The van der Waals surface area contributed by atoms with Crippen LogP contribution < -0.4 is 9.15 Å². The fourth-order valence-corrected chi connectivity index (χ4v) is 7.70. The van der Waals surface area contributed by atoms with Crippen molar-refractivity contribution in [3.8, 4) is 28.1 Å². The maximum absolute atomic E-state index is 17.3. The lowest BCUT2D eigenvalue weighted by Gasteiger charge is -2.20. The first-order chi connectivity index (χ1) is 32.8. The molecule has 0 atom stereocenters. The van der Waals surface area contributed by atoms with Crippen LogP contribution in [-0.2, 0) is 11.3 Å². The van der Waals surface area contributed by atoms with Crippen LogP contribution in [0.3, 0.4) is 0 Å². The molecule has 0 aliphatic carbocycles. The standard InChI is InChI=1S/C52H39F2N5/c1-51(2,3)37-26-29-56-49(32-37)59-47-31-39(24-25-43(47)44-27-28-55-33-48(44)59)52(53,54)38-18-12-19-40(30-38)57-34-58(46-23-11-10-22-45(46)57)50-41(35-14-6-4-7-15-35)20-13-21-42(50)36-16-8-5-9-17-36/h4-33H,1-3H3/q+2/i4D,5D,6D,7D,8D,9D,14D,15D,16D,17D. The predicted octanol–water partition coefficient (Wildman–Crippen LogP) is 13.2. The topological polar surface area (TPSA) is 36.7 Å². The summed E-state index contributed by atoms with van der Waals surface area (Å²) in [4.78, 5) is 9.04. The van der Waals surface area contributed by atoms with Crippen molar-refractivity contribution in [1.82, 2.24) is 23.7 Å². The van der Waals surface area contributed by atoms with Gasteiger partial charge >= 0.3 is 6.01 Å². The Morgan fingerprint density at radius 2 is 1.25 bits per heavy atom. The minimum Gasteiger partial charge on any atom is -0.292 e. The fourth-order valence-electron chi connectivity index (χ4n) is 7.70. The molecule has 4 heterocycles. The second-order valence-electron chi connectivity index (χ2n) is 15.2. The van der Waals surface area contributed by atoms with Gasteiger partial charge in [0.05, 0.1) is 42.1 Å². The smallest absolute Gasteiger partial charge is 0.292 e. The van der Waals surface area contributed by atoms with Gasteiger partial charge in [-0.25, -0.2) is 4.98 Å². The van der Waals surface area contributed by atoms with Gasteiger partial charge in [0.25, 0.3) is 17.3 Å². The van der Waals surface area contributed by atoms with Crippen molar-refractivity contribution >= 4 is 50.6 Å². The number of hydrogen-bond donors (Lipinski definition) is 0. The van der Waals surface area contributed by atoms with Gasteiger partial charge in [-0.05, 0) is 67.7 Å². The summed E-state index contributed by atoms with van der Waals surface area (Å²) in [6.07, 6.45) is 5.07. The molecule has 0 saturated heterocycles. The van der Waals surface area contributed by atoms with Crippen LogP contribution in [-0.4, -0.2) is 20.5 Å². The zero-order valence-corrected chi connectivity index (χ0v) is 32.0. The van der Waals surface area contributed by atoms with E-state index in [1.54, 1.807) is 59.6 Å². The Hall–Kier alpha value is -7.34. The largest absolute Gasteiger partial charge is 0.503 e. The van der Waals surface area contributed by atoms with Crippen LogP contribution in [0.5, 0.6) is 0 Å². The minimum atomic E-state index is -3.55. The maximum Gasteiger partial charge on any atom is 0.503 e. The van der Waals surface area contributed by atoms with Crippen LogP contribution in [0.4, 0.5) is 31.5 Å². The van der Waals surface area contributed by atoms with E-state index in [2.05, 4.69) is 36.7 Å². The van der Waals surface area contributed by atoms with Crippen LogP contribution >= 0.6 is 0 Å². The van der Waals surface area contributed by atoms with E-state index in [1.165, 1.54) is 53.1 Å². The van der Waals surface area contributed by atoms with E-state index < -0.39 is 66.3 Å². The SMILES string of the molecule is [2H]c1c([2H])c([2H])c(-c2cccc(-c3c([2H])c([2H])c([2H])c([2H])c3[2H])c2[N+]2=C=[N+](c3cccc(C(F)(F)c4ccc5c6ccncc6n(-c6cc(C(C)(C)C)ccn6)c5c4)c3)c3ccccc32)c([2H])c1[2H]. The number of hydrogen-bond acceptors (Lipinski definition) is 2. The molecular weight excluding hydrogens is 733 g/mol. The lowest BCUT2D eigenvalue weighted by molar-refractivity contribution is 0.0430. The Morgan fingerprint density at radius 1 is 0.610 bits per heavy atom. The van der Waals surface area contributed by atoms with Gasteiger partial charge in [-0.15, -0.1) is 0 Å². The quantitative estimate of drug-likeness (QED) is 0.151. The second-order valence-corrected chi connectivity index (χ2v) is 15.2. The van der Waals surface area contributed by atoms with E-state index in [1.807, 2.05) is 22.8 Å². The van der Waals surface area contributed by atoms with Gasteiger partial charge in [0.1, 0.15) is 5.82 Å². The average molecular weight is 782 g/mol. The third-order valence-electron chi connectivity index (χ3n) is 10.6. The number of alkyl halides is 2. The van der Waals surface area contributed by atoms with E-state index in [-0.39, 0.29) is 50.2 Å². The van der Waals surface area contributed by atoms with Crippen LogP contribution in [0.15, 0.2) is 182 Å². The van der Waals surface area contributed by atoms with Crippen molar-refractivity contribution in [2.24, 2.45) is 0 Å². The Bertz CT molecular complexity index is 3620. The molecule has 284 valence electrons. The molecule has 9 aromatic rings. The molecule has 0 fully saturated rings. The van der Waals surface area contributed by atoms with E-state index in [0.29, 0.717) is 28.2 Å². The molecule has 0 amide bonds. The van der Waals surface area contributed by atoms with Gasteiger partial charge in [-0.1, -0.05) is 124 Å². The Morgan fingerprint density at radius 3 is 1.95 bits per heavy atom. The number of rotatable bonds is 7. The second kappa shape index (κ2) is 13.9. The number of fused-ring (bicyclic) bond motifs is 4. The summed E-state index contributed by atoms with van der Waals surface area (Å²) in [6.45, 7) is 6.27. The zero-order chi connectivity index (χ0) is 49.0. The Labute approximate surface area is 355 Å². The number of pyridine rings is 2. The molecular formula is C52H39F2N5+2. The summed E-state index contributed by atoms with van der Waals surface area (Å²) in [5, 5.41) is 1.57. The van der Waals surface area contributed by atoms with E-state index >= 15 is 8.78 Å². The summed E-state index contributed by atoms with van der Waals surface area (Å²) in [5.41, 5.74) is 2.29. The van der Waals surface area contributed by atoms with Crippen molar-refractivity contribution in [3.05, 3.63) is 199 Å². The first kappa shape index (κ1) is 26.6. The maximum atomic E-state index is 17.3. The van der Waals surface area contributed by atoms with Crippen LogP contribution in [0, 0.1) is 0 Å². The molecule has 0 bridgehead atoms. The molecule has 1 aliphatic heterocycles. The van der Waals surface area contributed by atoms with Crippen molar-refractivity contribution in [3.63, 3.8) is 0 Å². The molecule has 3 aromatic heterocycles. The minimum absolute atomic E-state index is 0.0599. The number of nitrogens with zero attached hydrogens (tertiary/aromatic N) is 5. The first-order valence-electron chi connectivity index (χ1n) is 23.9. The number of benzene rings is 6. The molecule has 10 rings (SSSR count). The molecule has 0 saturated carbocycles. The van der Waals surface area contributed by atoms with Gasteiger partial charge < -0.3 is 0 Å². The highest BCUT2D eigenvalue weighted by Crippen LogP contribution is 2.45. The Balaban J connectivity index is 1.19. The molecule has 0 unspecified atom stereocenters. The molecule has 5 nitrogen and oxygen atoms in total. The molecule has 7 heteroatoms. The van der Waals surface area contributed by atoms with E-state index in [0.717, 1.165) is 16.3 Å². The van der Waals surface area contributed by atoms with Gasteiger partial charge in [0.2, 0.25) is 11.4 Å². The zero-order valence-electron chi connectivity index (χ0n) is 42.0. The molecule has 59 heavy (non-hydrogen) atoms. The average Bonchev–Trinajstić information content (AvgIpc) is 3.90. The predicted molar refractivity (Wildman–Crippen MR) is 236 cm³/mol. The van der Waals surface area contributed by atoms with Gasteiger partial charge in [-0.2, -0.15) is 8.78 Å². The Kier molecular flexibility index (Phi) is 6.28. The van der Waals surface area contributed by atoms with Crippen LogP contribution in [0.1, 0.15) is 51.2 Å². The summed E-state index contributed by atoms with van der Waals surface area (Å²) >= 11 is 0. The van der Waals surface area contributed by atoms with Gasteiger partial charge in [0.15, 0.2) is 0 Å². The molecule has 0 radical (unpaired) electrons. The highest BCUT2D eigenvalue weighted by Gasteiger charge is 2.41. The van der Waals surface area contributed by atoms with Crippen molar-refractivity contribution in [2.45, 2.75) is 32.1 Å². The monoisotopic (exact) mass is 781 g/mol. The highest BCUT2D eigenvalue weighted by molar-refractivity contribution is 6.09. The first-order valence-corrected chi connectivity index (χ1v) is 18.9. The van der Waals surface area contributed by atoms with Crippen LogP contribution in [0.25, 0.3) is 49.9 Å². The number of para-hydroxylation sites is 3. The van der Waals surface area contributed by atoms with Gasteiger partial charge in [-0.3, -0.25) is 9.55 Å².